The van der Waals surface area contributed by atoms with Gasteiger partial charge in [-0.1, -0.05) is 0 Å². The second kappa shape index (κ2) is 6.00. The van der Waals surface area contributed by atoms with E-state index < -0.39 is 12.6 Å². The van der Waals surface area contributed by atoms with Gasteiger partial charge < -0.3 is 13.1 Å². The smallest absolute Gasteiger partial charge is 1.00 e. The van der Waals surface area contributed by atoms with Crippen molar-refractivity contribution < 1.29 is 17.9 Å². The molecule has 34 valence electrons. The van der Waals surface area contributed by atoms with Gasteiger partial charge in [0.15, 0.2) is 0 Å². The number of carbonyl (C=O) groups is 1. The zero-order chi connectivity index (χ0) is 4.28. The Morgan fingerprint density at radius 3 is 2.00 bits per heavy atom. The molecule has 6 heavy (non-hydrogen) atoms. The maximum atomic E-state index is 9.12. The first-order valence-electron chi connectivity index (χ1n) is 1.10. The molecule has 2 N–H and O–H groups in total. The van der Waals surface area contributed by atoms with E-state index in [1.165, 1.54) is 0 Å². The molecule has 0 aliphatic heterocycles. The number of aliphatic carboxylic acids is 1. The number of carboxylic acids is 1. The van der Waals surface area contributed by atoms with Crippen LogP contribution in [0, 0.1) is 0 Å². The van der Waals surface area contributed by atoms with Crippen molar-refractivity contribution in [3.05, 3.63) is 0 Å². The number of aliphatic hydroxyl groups is 1. The van der Waals surface area contributed by atoms with Crippen LogP contribution < -0.4 is 0 Å². The van der Waals surface area contributed by atoms with Crippen LogP contribution in [0.4, 0.5) is 0 Å². The average Bonchev–Trinajstić information content (AvgIpc) is 1.38. The summed E-state index contributed by atoms with van der Waals surface area (Å²) in [5.41, 5.74) is 0. The molecule has 0 unspecified atom stereocenters. The molecule has 0 heterocycles. The van der Waals surface area contributed by atoms with Gasteiger partial charge in [-0.2, -0.15) is 0 Å². The molecule has 0 aromatic heterocycles. The van der Waals surface area contributed by atoms with E-state index in [-0.39, 0.29) is 51.7 Å². The molecule has 0 rings (SSSR count). The Kier molecular flexibility index (Phi) is 10.1. The zero-order valence-electron chi connectivity index (χ0n) is 5.22. The Labute approximate surface area is 78.4 Å². The minimum absolute atomic E-state index is 0. The van der Waals surface area contributed by atoms with Crippen molar-refractivity contribution in [1.82, 2.24) is 0 Å². The van der Waals surface area contributed by atoms with Crippen LogP contribution in [0.15, 0.2) is 0 Å². The molecular formula is C2H6BaO3. The molecule has 0 bridgehead atoms. The molecule has 0 aliphatic rings. The quantitative estimate of drug-likeness (QED) is 0.546. The summed E-state index contributed by atoms with van der Waals surface area (Å²) in [5.74, 6) is -1.19. The minimum Gasteiger partial charge on any atom is -1.00 e. The van der Waals surface area contributed by atoms with Gasteiger partial charge in [0, 0.05) is 0 Å². The van der Waals surface area contributed by atoms with Gasteiger partial charge in [-0.3, -0.25) is 0 Å². The average molecular weight is 215 g/mol. The fourth-order valence-electron chi connectivity index (χ4n) is 0. The van der Waals surface area contributed by atoms with Crippen LogP contribution in [0.25, 0.3) is 0 Å². The molecule has 0 radical (unpaired) electrons. The monoisotopic (exact) mass is 216 g/mol. The van der Waals surface area contributed by atoms with Crippen LogP contribution in [-0.2, 0) is 4.79 Å². The van der Waals surface area contributed by atoms with Crippen molar-refractivity contribution in [1.29, 1.82) is 0 Å². The van der Waals surface area contributed by atoms with E-state index in [9.17, 15) is 0 Å². The van der Waals surface area contributed by atoms with Crippen LogP contribution in [0.3, 0.4) is 0 Å². The predicted molar refractivity (Wildman–Crippen MR) is 22.7 cm³/mol. The van der Waals surface area contributed by atoms with E-state index in [1.54, 1.807) is 0 Å². The number of hydrogen-bond donors (Lipinski definition) is 2. The van der Waals surface area contributed by atoms with Gasteiger partial charge in [-0.15, -0.1) is 0 Å². The van der Waals surface area contributed by atoms with Gasteiger partial charge in [-0.05, 0) is 0 Å². The van der Waals surface area contributed by atoms with Crippen LogP contribution in [0.2, 0.25) is 0 Å². The second-order valence-electron chi connectivity index (χ2n) is 0.552. The summed E-state index contributed by atoms with van der Waals surface area (Å²) in [6.45, 7) is -0.778. The van der Waals surface area contributed by atoms with Gasteiger partial charge in [0.2, 0.25) is 0 Å². The maximum Gasteiger partial charge on any atom is 2.00 e. The molecule has 0 saturated heterocycles. The van der Waals surface area contributed by atoms with E-state index >= 15 is 0 Å². The van der Waals surface area contributed by atoms with Crippen LogP contribution in [0.1, 0.15) is 2.85 Å². The Balaban J connectivity index is -0.0000000267. The SMILES string of the molecule is O=C(O)CO.[Ba+2].[H-].[H-]. The molecule has 0 spiro atoms. The van der Waals surface area contributed by atoms with Gasteiger partial charge >= 0.3 is 54.9 Å². The first-order chi connectivity index (χ1) is 2.27. The first kappa shape index (κ1) is 10.1. The molecule has 0 aromatic carbocycles. The Bertz CT molecular complexity index is 50.5. The van der Waals surface area contributed by atoms with Gasteiger partial charge in [0.1, 0.15) is 6.61 Å². The van der Waals surface area contributed by atoms with Crippen LogP contribution in [0.5, 0.6) is 0 Å². The normalized spacial score (nSPS) is 6.17. The fourth-order valence-corrected chi connectivity index (χ4v) is 0. The largest absolute Gasteiger partial charge is 2.00 e. The van der Waals surface area contributed by atoms with Gasteiger partial charge in [-0.25, -0.2) is 4.79 Å². The summed E-state index contributed by atoms with van der Waals surface area (Å²) in [6.07, 6.45) is 0. The summed E-state index contributed by atoms with van der Waals surface area (Å²) in [6, 6.07) is 0. The predicted octanol–water partition coefficient (Wildman–Crippen LogP) is -1.09. The van der Waals surface area contributed by atoms with Crippen molar-refractivity contribution in [2.75, 3.05) is 6.61 Å². The number of carboxylic acid groups (broad SMARTS) is 1. The summed E-state index contributed by atoms with van der Waals surface area (Å²) < 4.78 is 0. The fraction of sp³-hybridized carbons (Fsp3) is 0.500. The third-order valence-corrected chi connectivity index (χ3v) is 0.135. The van der Waals surface area contributed by atoms with Crippen molar-refractivity contribution in [3.8, 4) is 0 Å². The topological polar surface area (TPSA) is 57.5 Å². The Hall–Kier alpha value is 1.00. The summed E-state index contributed by atoms with van der Waals surface area (Å²) in [5, 5.41) is 15.0. The van der Waals surface area contributed by atoms with Crippen LogP contribution in [-0.4, -0.2) is 71.7 Å². The van der Waals surface area contributed by atoms with Crippen molar-refractivity contribution in [2.24, 2.45) is 0 Å². The summed E-state index contributed by atoms with van der Waals surface area (Å²) >= 11 is 0. The summed E-state index contributed by atoms with van der Waals surface area (Å²) in [4.78, 5) is 9.12. The molecule has 0 aromatic rings. The zero-order valence-corrected chi connectivity index (χ0v) is 7.66. The van der Waals surface area contributed by atoms with Crippen molar-refractivity contribution in [2.45, 2.75) is 0 Å². The van der Waals surface area contributed by atoms with Gasteiger partial charge in [0.05, 0.1) is 0 Å². The third-order valence-electron chi connectivity index (χ3n) is 0.135. The minimum atomic E-state index is -1.19. The number of rotatable bonds is 1. The third kappa shape index (κ3) is 8.89. The summed E-state index contributed by atoms with van der Waals surface area (Å²) in [7, 11) is 0. The van der Waals surface area contributed by atoms with Gasteiger partial charge in [0.25, 0.3) is 0 Å². The van der Waals surface area contributed by atoms with Crippen molar-refractivity contribution in [3.63, 3.8) is 0 Å². The van der Waals surface area contributed by atoms with Crippen molar-refractivity contribution >= 4 is 54.9 Å². The number of hydrogen-bond acceptors (Lipinski definition) is 2. The van der Waals surface area contributed by atoms with E-state index in [0.717, 1.165) is 0 Å². The van der Waals surface area contributed by atoms with Crippen LogP contribution >= 0.6 is 0 Å². The van der Waals surface area contributed by atoms with E-state index in [4.69, 9.17) is 15.0 Å². The Morgan fingerprint density at radius 2 is 2.00 bits per heavy atom. The molecule has 3 nitrogen and oxygen atoms in total. The first-order valence-corrected chi connectivity index (χ1v) is 1.10. The molecule has 0 aliphatic carbocycles. The molecule has 0 amide bonds. The molecule has 0 saturated carbocycles. The molecule has 0 fully saturated rings. The molecule has 4 heteroatoms. The Morgan fingerprint density at radius 1 is 1.83 bits per heavy atom. The standard InChI is InChI=1S/C2H4O3.Ba.2H/c3-1-2(4)5;;;/h3H,1H2,(H,4,5);;;/q;+2;2*-1. The number of aliphatic hydroxyl groups excluding tert-OH is 1. The van der Waals surface area contributed by atoms with E-state index in [2.05, 4.69) is 0 Å². The second-order valence-corrected chi connectivity index (χ2v) is 0.552. The molecular weight excluding hydrogens is 209 g/mol. The maximum absolute atomic E-state index is 9.12. The molecule has 0 atom stereocenters. The van der Waals surface area contributed by atoms with E-state index in [1.807, 2.05) is 0 Å². The van der Waals surface area contributed by atoms with E-state index in [0.29, 0.717) is 0 Å².